The van der Waals surface area contributed by atoms with Gasteiger partial charge in [-0.25, -0.2) is 0 Å². The van der Waals surface area contributed by atoms with Crippen molar-refractivity contribution in [2.45, 2.75) is 25.4 Å². The Kier molecular flexibility index (Phi) is 3.19. The number of hydrogen-bond donors (Lipinski definition) is 1. The largest absolute Gasteiger partial charge is 0.310 e. The molecule has 3 heteroatoms. The number of nitrogens with one attached hydrogen (secondary N) is 1. The van der Waals surface area contributed by atoms with E-state index >= 15 is 0 Å². The summed E-state index contributed by atoms with van der Waals surface area (Å²) in [7, 11) is 0. The maximum atomic E-state index is 6.09. The highest BCUT2D eigenvalue weighted by atomic mass is 35.5. The molecule has 0 radical (unpaired) electrons. The zero-order chi connectivity index (χ0) is 11.7. The van der Waals surface area contributed by atoms with Crippen LogP contribution in [-0.2, 0) is 6.54 Å². The van der Waals surface area contributed by atoms with Crippen molar-refractivity contribution in [1.82, 2.24) is 5.32 Å². The van der Waals surface area contributed by atoms with E-state index in [2.05, 4.69) is 35.0 Å². The molecule has 3 rings (SSSR count). The third kappa shape index (κ3) is 2.71. The van der Waals surface area contributed by atoms with Gasteiger partial charge in [-0.15, -0.1) is 11.3 Å². The number of thiophene rings is 1. The molecule has 1 aromatic carbocycles. The summed E-state index contributed by atoms with van der Waals surface area (Å²) in [4.78, 5) is 1.29. The molecule has 1 aliphatic carbocycles. The van der Waals surface area contributed by atoms with Crippen LogP contribution in [0.4, 0.5) is 0 Å². The maximum Gasteiger partial charge on any atom is 0.0412 e. The van der Waals surface area contributed by atoms with Gasteiger partial charge in [-0.2, -0.15) is 0 Å². The summed E-state index contributed by atoms with van der Waals surface area (Å²) in [5, 5.41) is 6.47. The molecule has 1 aromatic heterocycles. The van der Waals surface area contributed by atoms with Crippen LogP contribution >= 0.6 is 22.9 Å². The van der Waals surface area contributed by atoms with Gasteiger partial charge in [0.25, 0.3) is 0 Å². The summed E-state index contributed by atoms with van der Waals surface area (Å²) in [6.45, 7) is 0.940. The quantitative estimate of drug-likeness (QED) is 0.866. The Hall–Kier alpha value is -0.830. The molecule has 0 saturated heterocycles. The van der Waals surface area contributed by atoms with Crippen molar-refractivity contribution < 1.29 is 0 Å². The summed E-state index contributed by atoms with van der Waals surface area (Å²) in [6.07, 6.45) is 2.64. The molecule has 0 atom stereocenters. The molecule has 1 saturated carbocycles. The fourth-order valence-electron chi connectivity index (χ4n) is 1.91. The molecule has 0 bridgehead atoms. The van der Waals surface area contributed by atoms with Gasteiger partial charge in [0, 0.05) is 22.5 Å². The van der Waals surface area contributed by atoms with Gasteiger partial charge in [-0.3, -0.25) is 0 Å². The fraction of sp³-hybridized carbons (Fsp3) is 0.286. The average molecular weight is 264 g/mol. The van der Waals surface area contributed by atoms with Crippen molar-refractivity contribution in [1.29, 1.82) is 0 Å². The van der Waals surface area contributed by atoms with E-state index in [-0.39, 0.29) is 0 Å². The van der Waals surface area contributed by atoms with E-state index in [9.17, 15) is 0 Å². The first kappa shape index (κ1) is 11.3. The second-order valence-corrected chi connectivity index (χ2v) is 5.82. The Bertz CT molecular complexity index is 503. The molecule has 1 N–H and O–H groups in total. The van der Waals surface area contributed by atoms with Crippen LogP contribution in [0.3, 0.4) is 0 Å². The van der Waals surface area contributed by atoms with Crippen LogP contribution in [0.15, 0.2) is 35.7 Å². The number of benzene rings is 1. The van der Waals surface area contributed by atoms with Gasteiger partial charge in [0.15, 0.2) is 0 Å². The molecule has 1 nitrogen and oxygen atoms in total. The van der Waals surface area contributed by atoms with Crippen molar-refractivity contribution in [2.75, 3.05) is 0 Å². The lowest BCUT2D eigenvalue weighted by Crippen LogP contribution is -2.15. The van der Waals surface area contributed by atoms with Gasteiger partial charge < -0.3 is 5.32 Å². The Balaban J connectivity index is 1.89. The predicted octanol–water partition coefficient (Wildman–Crippen LogP) is 4.32. The second kappa shape index (κ2) is 4.81. The molecular formula is C14H14ClNS. The standard InChI is InChI=1S/C14H14ClNS/c15-11-4-3-10(9-16-12-5-6-12)13(8-11)14-2-1-7-17-14/h1-4,7-8,12,16H,5-6,9H2. The first-order chi connectivity index (χ1) is 8.33. The summed E-state index contributed by atoms with van der Waals surface area (Å²) in [5.41, 5.74) is 2.60. The van der Waals surface area contributed by atoms with Crippen molar-refractivity contribution in [3.63, 3.8) is 0 Å². The van der Waals surface area contributed by atoms with E-state index < -0.39 is 0 Å². The predicted molar refractivity (Wildman–Crippen MR) is 74.6 cm³/mol. The van der Waals surface area contributed by atoms with Crippen LogP contribution in [0.5, 0.6) is 0 Å². The molecule has 2 aromatic rings. The smallest absolute Gasteiger partial charge is 0.0412 e. The van der Waals surface area contributed by atoms with E-state index in [1.807, 2.05) is 6.07 Å². The summed E-state index contributed by atoms with van der Waals surface area (Å²) in [6, 6.07) is 11.1. The molecule has 0 unspecified atom stereocenters. The van der Waals surface area contributed by atoms with Gasteiger partial charge in [0.2, 0.25) is 0 Å². The summed E-state index contributed by atoms with van der Waals surface area (Å²) >= 11 is 7.86. The highest BCUT2D eigenvalue weighted by molar-refractivity contribution is 7.13. The minimum Gasteiger partial charge on any atom is -0.310 e. The first-order valence-electron chi connectivity index (χ1n) is 5.88. The third-order valence-electron chi connectivity index (χ3n) is 3.02. The molecule has 88 valence electrons. The number of halogens is 1. The zero-order valence-corrected chi connectivity index (χ0v) is 11.0. The Morgan fingerprint density at radius 2 is 2.18 bits per heavy atom. The maximum absolute atomic E-state index is 6.09. The topological polar surface area (TPSA) is 12.0 Å². The highest BCUT2D eigenvalue weighted by Gasteiger charge is 2.20. The average Bonchev–Trinajstić information content (AvgIpc) is 3.00. The van der Waals surface area contributed by atoms with Crippen molar-refractivity contribution in [2.24, 2.45) is 0 Å². The van der Waals surface area contributed by atoms with Crippen LogP contribution in [0.1, 0.15) is 18.4 Å². The Morgan fingerprint density at radius 3 is 2.88 bits per heavy atom. The number of hydrogen-bond acceptors (Lipinski definition) is 2. The monoisotopic (exact) mass is 263 g/mol. The highest BCUT2D eigenvalue weighted by Crippen LogP contribution is 2.31. The van der Waals surface area contributed by atoms with Gasteiger partial charge in [-0.1, -0.05) is 23.7 Å². The molecule has 1 aliphatic rings. The van der Waals surface area contributed by atoms with E-state index in [1.165, 1.54) is 28.8 Å². The minimum absolute atomic E-state index is 0.738. The lowest BCUT2D eigenvalue weighted by molar-refractivity contribution is 0.689. The van der Waals surface area contributed by atoms with Crippen molar-refractivity contribution >= 4 is 22.9 Å². The fourth-order valence-corrected chi connectivity index (χ4v) is 2.86. The van der Waals surface area contributed by atoms with Crippen LogP contribution < -0.4 is 5.32 Å². The SMILES string of the molecule is Clc1ccc(CNC2CC2)c(-c2cccs2)c1. The molecular weight excluding hydrogens is 250 g/mol. The third-order valence-corrected chi connectivity index (χ3v) is 4.16. The first-order valence-corrected chi connectivity index (χ1v) is 7.14. The van der Waals surface area contributed by atoms with Crippen LogP contribution in [0.25, 0.3) is 10.4 Å². The van der Waals surface area contributed by atoms with Crippen molar-refractivity contribution in [3.05, 3.63) is 46.3 Å². The minimum atomic E-state index is 0.738. The Morgan fingerprint density at radius 1 is 1.29 bits per heavy atom. The molecule has 1 heterocycles. The summed E-state index contributed by atoms with van der Waals surface area (Å²) < 4.78 is 0. The lowest BCUT2D eigenvalue weighted by atomic mass is 10.1. The molecule has 0 spiro atoms. The molecule has 17 heavy (non-hydrogen) atoms. The molecule has 0 aliphatic heterocycles. The zero-order valence-electron chi connectivity index (χ0n) is 9.45. The van der Waals surface area contributed by atoms with Gasteiger partial charge in [0.1, 0.15) is 0 Å². The Labute approximate surface area is 110 Å². The van der Waals surface area contributed by atoms with Crippen LogP contribution in [-0.4, -0.2) is 6.04 Å². The number of rotatable bonds is 4. The van der Waals surface area contributed by atoms with E-state index in [4.69, 9.17) is 11.6 Å². The van der Waals surface area contributed by atoms with Crippen molar-refractivity contribution in [3.8, 4) is 10.4 Å². The van der Waals surface area contributed by atoms with Gasteiger partial charge in [-0.05, 0) is 47.5 Å². The van der Waals surface area contributed by atoms with E-state index in [0.29, 0.717) is 0 Å². The summed E-state index contributed by atoms with van der Waals surface area (Å²) in [5.74, 6) is 0. The normalized spacial score (nSPS) is 15.1. The van der Waals surface area contributed by atoms with Gasteiger partial charge >= 0.3 is 0 Å². The van der Waals surface area contributed by atoms with Crippen LogP contribution in [0, 0.1) is 0 Å². The lowest BCUT2D eigenvalue weighted by Gasteiger charge is -2.09. The van der Waals surface area contributed by atoms with E-state index in [1.54, 1.807) is 11.3 Å². The van der Waals surface area contributed by atoms with Crippen LogP contribution in [0.2, 0.25) is 5.02 Å². The van der Waals surface area contributed by atoms with E-state index in [0.717, 1.165) is 17.6 Å². The molecule has 0 amide bonds. The van der Waals surface area contributed by atoms with Gasteiger partial charge in [0.05, 0.1) is 0 Å². The second-order valence-electron chi connectivity index (χ2n) is 4.43. The molecule has 1 fully saturated rings.